The van der Waals surface area contributed by atoms with E-state index in [-0.39, 0.29) is 11.1 Å². The fourth-order valence-electron chi connectivity index (χ4n) is 3.62. The normalized spacial score (nSPS) is 21.4. The molecule has 1 atom stereocenters. The van der Waals surface area contributed by atoms with Crippen LogP contribution in [0.15, 0.2) is 18.0 Å². The lowest BCUT2D eigenvalue weighted by atomic mass is 9.99. The third-order valence-corrected chi connectivity index (χ3v) is 5.35. The van der Waals surface area contributed by atoms with Crippen LogP contribution in [-0.4, -0.2) is 29.5 Å². The van der Waals surface area contributed by atoms with Crippen molar-refractivity contribution in [2.24, 2.45) is 0 Å². The van der Waals surface area contributed by atoms with E-state index in [0.29, 0.717) is 36.9 Å². The zero-order chi connectivity index (χ0) is 19.9. The van der Waals surface area contributed by atoms with Crippen LogP contribution in [0.4, 0.5) is 8.78 Å². The Kier molecular flexibility index (Phi) is 4.63. The van der Waals surface area contributed by atoms with Crippen LogP contribution in [0, 0.1) is 17.1 Å². The maximum atomic E-state index is 15.4. The summed E-state index contributed by atoms with van der Waals surface area (Å²) < 4.78 is 40.9. The quantitative estimate of drug-likeness (QED) is 0.587. The van der Waals surface area contributed by atoms with Crippen molar-refractivity contribution in [3.05, 3.63) is 35.0 Å². The minimum absolute atomic E-state index is 0.0966. The van der Waals surface area contributed by atoms with Crippen LogP contribution in [0.1, 0.15) is 49.6 Å². The molecule has 1 aliphatic heterocycles. The molecule has 2 fully saturated rings. The predicted molar refractivity (Wildman–Crippen MR) is 96.2 cm³/mol. The molecule has 0 N–H and O–H groups in total. The fraction of sp³-hybridized carbons (Fsp3) is 0.450. The Morgan fingerprint density at radius 3 is 2.86 bits per heavy atom. The minimum atomic E-state index is -1.20. The van der Waals surface area contributed by atoms with Gasteiger partial charge in [0.05, 0.1) is 18.9 Å². The number of carbonyl (C=O) groups excluding carboxylic acids is 1. The van der Waals surface area contributed by atoms with Crippen molar-refractivity contribution in [2.75, 3.05) is 13.7 Å². The molecule has 1 saturated heterocycles. The second-order valence-corrected chi connectivity index (χ2v) is 7.16. The topological polar surface area (TPSA) is 77.1 Å². The average Bonchev–Trinajstić information content (AvgIpc) is 3.43. The summed E-state index contributed by atoms with van der Waals surface area (Å²) in [6, 6.07) is 5.29. The molecule has 1 aromatic heterocycles. The fourth-order valence-corrected chi connectivity index (χ4v) is 3.62. The number of rotatable bonds is 4. The average molecular weight is 387 g/mol. The summed E-state index contributed by atoms with van der Waals surface area (Å²) in [6.45, 7) is 0.545. The molecule has 8 heteroatoms. The summed E-state index contributed by atoms with van der Waals surface area (Å²) in [5.74, 6) is -3.08. The molecule has 4 rings (SSSR count). The van der Waals surface area contributed by atoms with E-state index >= 15 is 4.39 Å². The van der Waals surface area contributed by atoms with Gasteiger partial charge in [-0.1, -0.05) is 12.1 Å². The molecule has 0 amide bonds. The number of aromatic nitrogens is 2. The molecule has 0 radical (unpaired) electrons. The molecular formula is C20H19F2N3O3. The van der Waals surface area contributed by atoms with Crippen molar-refractivity contribution in [2.45, 2.75) is 43.7 Å². The molecule has 1 aliphatic carbocycles. The number of methoxy groups -OCH3 is 1. The maximum Gasteiger partial charge on any atom is 0.366 e. The van der Waals surface area contributed by atoms with Gasteiger partial charge >= 0.3 is 5.97 Å². The summed E-state index contributed by atoms with van der Waals surface area (Å²) in [4.78, 5) is 11.3. The molecular weight excluding hydrogens is 368 g/mol. The number of hydrogen-bond donors (Lipinski definition) is 0. The Labute approximate surface area is 160 Å². The van der Waals surface area contributed by atoms with E-state index < -0.39 is 29.3 Å². The highest BCUT2D eigenvalue weighted by atomic mass is 19.1. The van der Waals surface area contributed by atoms with Crippen molar-refractivity contribution >= 4 is 22.9 Å². The Bertz CT molecular complexity index is 1010. The molecule has 2 heterocycles. The number of hydrogen-bond acceptors (Lipinski definition) is 5. The van der Waals surface area contributed by atoms with Gasteiger partial charge < -0.3 is 9.47 Å². The summed E-state index contributed by atoms with van der Waals surface area (Å²) in [5.41, 5.74) is -0.114. The van der Waals surface area contributed by atoms with Gasteiger partial charge in [0.2, 0.25) is 5.83 Å². The van der Waals surface area contributed by atoms with Gasteiger partial charge in [0.15, 0.2) is 12.0 Å². The number of ether oxygens (including phenoxy) is 2. The van der Waals surface area contributed by atoms with E-state index in [1.165, 1.54) is 10.7 Å². The van der Waals surface area contributed by atoms with E-state index in [2.05, 4.69) is 15.9 Å². The van der Waals surface area contributed by atoms with Crippen LogP contribution in [0.5, 0.6) is 0 Å². The third-order valence-electron chi connectivity index (χ3n) is 5.35. The molecule has 146 valence electrons. The molecule has 2 aromatic rings. The standard InChI is InChI=1S/C20H19F2N3O3/c1-27-19(26)14(21)10-12-5-6-13-17(16(12)22)25(15-4-2-3-9-28-15)24-18(13)20(11-23)7-8-20/h5-6,10,15H,2-4,7-9H2,1H3/b14-10-. The number of nitrogens with zero attached hydrogens (tertiary/aromatic N) is 3. The van der Waals surface area contributed by atoms with Crippen molar-refractivity contribution in [3.8, 4) is 6.07 Å². The van der Waals surface area contributed by atoms with E-state index in [1.54, 1.807) is 6.07 Å². The first-order chi connectivity index (χ1) is 13.5. The first kappa shape index (κ1) is 18.6. The largest absolute Gasteiger partial charge is 0.464 e. The zero-order valence-corrected chi connectivity index (χ0v) is 15.4. The van der Waals surface area contributed by atoms with Gasteiger partial charge in [-0.05, 0) is 38.2 Å². The van der Waals surface area contributed by atoms with E-state index in [9.17, 15) is 14.4 Å². The number of halogens is 2. The highest BCUT2D eigenvalue weighted by Crippen LogP contribution is 2.50. The maximum absolute atomic E-state index is 15.4. The lowest BCUT2D eigenvalue weighted by Gasteiger charge is -2.23. The number of esters is 1. The first-order valence-corrected chi connectivity index (χ1v) is 9.20. The van der Waals surface area contributed by atoms with Gasteiger partial charge in [-0.25, -0.2) is 13.9 Å². The van der Waals surface area contributed by atoms with Crippen LogP contribution in [-0.2, 0) is 19.7 Å². The van der Waals surface area contributed by atoms with E-state index in [0.717, 1.165) is 26.0 Å². The van der Waals surface area contributed by atoms with Gasteiger partial charge in [-0.2, -0.15) is 14.8 Å². The lowest BCUT2D eigenvalue weighted by molar-refractivity contribution is -0.137. The Balaban J connectivity index is 1.90. The summed E-state index contributed by atoms with van der Waals surface area (Å²) in [6.07, 6.45) is 4.21. The second kappa shape index (κ2) is 6.99. The van der Waals surface area contributed by atoms with Gasteiger partial charge in [0.25, 0.3) is 0 Å². The number of carbonyl (C=O) groups is 1. The minimum Gasteiger partial charge on any atom is -0.464 e. The Hall–Kier alpha value is -2.79. The van der Waals surface area contributed by atoms with Crippen molar-refractivity contribution in [1.82, 2.24) is 9.78 Å². The van der Waals surface area contributed by atoms with Crippen molar-refractivity contribution in [1.29, 1.82) is 5.26 Å². The molecule has 1 saturated carbocycles. The van der Waals surface area contributed by atoms with Crippen molar-refractivity contribution < 1.29 is 23.0 Å². The number of benzene rings is 1. The van der Waals surface area contributed by atoms with Crippen LogP contribution < -0.4 is 0 Å². The van der Waals surface area contributed by atoms with E-state index in [4.69, 9.17) is 4.74 Å². The second-order valence-electron chi connectivity index (χ2n) is 7.16. The Morgan fingerprint density at radius 2 is 2.25 bits per heavy atom. The highest BCUT2D eigenvalue weighted by Gasteiger charge is 2.49. The Morgan fingerprint density at radius 1 is 1.46 bits per heavy atom. The molecule has 0 spiro atoms. The van der Waals surface area contributed by atoms with Gasteiger partial charge in [-0.3, -0.25) is 0 Å². The third kappa shape index (κ3) is 2.96. The summed E-state index contributed by atoms with van der Waals surface area (Å²) >= 11 is 0. The van der Waals surface area contributed by atoms with Crippen molar-refractivity contribution in [3.63, 3.8) is 0 Å². The molecule has 1 unspecified atom stereocenters. The summed E-state index contributed by atoms with van der Waals surface area (Å²) in [5, 5.41) is 14.7. The van der Waals surface area contributed by atoms with Crippen LogP contribution in [0.3, 0.4) is 0 Å². The van der Waals surface area contributed by atoms with Gasteiger partial charge in [0.1, 0.15) is 10.9 Å². The molecule has 6 nitrogen and oxygen atoms in total. The van der Waals surface area contributed by atoms with Gasteiger partial charge in [-0.15, -0.1) is 0 Å². The first-order valence-electron chi connectivity index (χ1n) is 9.20. The predicted octanol–water partition coefficient (Wildman–Crippen LogP) is 3.91. The molecule has 0 bridgehead atoms. The summed E-state index contributed by atoms with van der Waals surface area (Å²) in [7, 11) is 1.05. The lowest BCUT2D eigenvalue weighted by Crippen LogP contribution is -2.20. The van der Waals surface area contributed by atoms with Crippen LogP contribution in [0.25, 0.3) is 17.0 Å². The van der Waals surface area contributed by atoms with Crippen LogP contribution in [0.2, 0.25) is 0 Å². The monoisotopic (exact) mass is 387 g/mol. The number of fused-ring (bicyclic) bond motifs is 1. The van der Waals surface area contributed by atoms with E-state index in [1.807, 2.05) is 0 Å². The molecule has 1 aromatic carbocycles. The highest BCUT2D eigenvalue weighted by molar-refractivity contribution is 5.93. The number of nitriles is 1. The zero-order valence-electron chi connectivity index (χ0n) is 15.4. The molecule has 28 heavy (non-hydrogen) atoms. The SMILES string of the molecule is COC(=O)/C(F)=C/c1ccc2c(C3(C#N)CC3)nn(C3CCCCO3)c2c1F. The smallest absolute Gasteiger partial charge is 0.366 e. The van der Waals surface area contributed by atoms with Crippen LogP contribution >= 0.6 is 0 Å². The molecule has 2 aliphatic rings. The van der Waals surface area contributed by atoms with Gasteiger partial charge in [0, 0.05) is 17.6 Å².